The third-order valence-corrected chi connectivity index (χ3v) is 3.20. The molecule has 0 bridgehead atoms. The summed E-state index contributed by atoms with van der Waals surface area (Å²) in [5, 5.41) is 0.200. The lowest BCUT2D eigenvalue weighted by Gasteiger charge is -2.36. The van der Waals surface area contributed by atoms with Gasteiger partial charge in [0.25, 0.3) is 0 Å². The number of rotatable bonds is 3. The quantitative estimate of drug-likeness (QED) is 0.606. The Morgan fingerprint density at radius 1 is 1.65 bits per heavy atom. The van der Waals surface area contributed by atoms with Crippen molar-refractivity contribution in [3.63, 3.8) is 0 Å². The number of aromatic nitrogens is 2. The van der Waals surface area contributed by atoms with Gasteiger partial charge in [0.2, 0.25) is 0 Å². The second kappa shape index (κ2) is 5.42. The Bertz CT molecular complexity index is 414. The second-order valence-electron chi connectivity index (χ2n) is 3.85. The van der Waals surface area contributed by atoms with Crippen LogP contribution in [-0.2, 0) is 4.74 Å². The summed E-state index contributed by atoms with van der Waals surface area (Å²) in [7, 11) is 0. The van der Waals surface area contributed by atoms with Crippen LogP contribution < -0.4 is 4.90 Å². The number of halogens is 1. The molecule has 92 valence electrons. The summed E-state index contributed by atoms with van der Waals surface area (Å²) >= 11 is 5.90. The molecule has 2 heterocycles. The zero-order valence-electron chi connectivity index (χ0n) is 9.60. The highest BCUT2D eigenvalue weighted by molar-refractivity contribution is 6.32. The van der Waals surface area contributed by atoms with Crippen LogP contribution in [0.1, 0.15) is 23.7 Å². The lowest BCUT2D eigenvalue weighted by atomic mass is 10.1. The van der Waals surface area contributed by atoms with Gasteiger partial charge in [0.1, 0.15) is 17.3 Å². The highest BCUT2D eigenvalue weighted by Crippen LogP contribution is 2.25. The number of aldehydes is 1. The van der Waals surface area contributed by atoms with E-state index in [0.29, 0.717) is 37.4 Å². The minimum atomic E-state index is 0.200. The van der Waals surface area contributed by atoms with Gasteiger partial charge in [-0.2, -0.15) is 0 Å². The maximum Gasteiger partial charge on any atom is 0.156 e. The van der Waals surface area contributed by atoms with Crippen molar-refractivity contribution in [3.05, 3.63) is 17.0 Å². The molecule has 1 atom stereocenters. The first kappa shape index (κ1) is 12.3. The van der Waals surface area contributed by atoms with Crippen molar-refractivity contribution in [1.82, 2.24) is 9.97 Å². The van der Waals surface area contributed by atoms with Gasteiger partial charge in [-0.25, -0.2) is 9.97 Å². The lowest BCUT2D eigenvalue weighted by molar-refractivity contribution is 0.0922. The second-order valence-corrected chi connectivity index (χ2v) is 4.21. The zero-order chi connectivity index (χ0) is 12.3. The molecule has 0 N–H and O–H groups in total. The first-order valence-electron chi connectivity index (χ1n) is 5.58. The summed E-state index contributed by atoms with van der Waals surface area (Å²) in [6, 6.07) is 0.230. The van der Waals surface area contributed by atoms with Gasteiger partial charge in [-0.1, -0.05) is 18.5 Å². The monoisotopic (exact) mass is 255 g/mol. The Kier molecular flexibility index (Phi) is 3.91. The van der Waals surface area contributed by atoms with E-state index in [1.807, 2.05) is 0 Å². The van der Waals surface area contributed by atoms with Crippen LogP contribution in [0.2, 0.25) is 5.15 Å². The Morgan fingerprint density at radius 2 is 2.47 bits per heavy atom. The van der Waals surface area contributed by atoms with Gasteiger partial charge >= 0.3 is 0 Å². The van der Waals surface area contributed by atoms with E-state index in [-0.39, 0.29) is 11.2 Å². The number of hydrogen-bond acceptors (Lipinski definition) is 5. The van der Waals surface area contributed by atoms with Crippen LogP contribution in [0.25, 0.3) is 0 Å². The smallest absolute Gasteiger partial charge is 0.156 e. The summed E-state index contributed by atoms with van der Waals surface area (Å²) in [6.45, 7) is 4.08. The largest absolute Gasteiger partial charge is 0.377 e. The van der Waals surface area contributed by atoms with Gasteiger partial charge in [-0.15, -0.1) is 0 Å². The average Bonchev–Trinajstić information content (AvgIpc) is 2.38. The first-order valence-corrected chi connectivity index (χ1v) is 5.95. The van der Waals surface area contributed by atoms with Crippen molar-refractivity contribution in [1.29, 1.82) is 0 Å². The minimum Gasteiger partial charge on any atom is -0.377 e. The molecule has 5 nitrogen and oxygen atoms in total. The van der Waals surface area contributed by atoms with Crippen molar-refractivity contribution >= 4 is 23.7 Å². The van der Waals surface area contributed by atoms with Crippen LogP contribution in [0, 0.1) is 0 Å². The highest BCUT2D eigenvalue weighted by Gasteiger charge is 2.25. The molecule has 1 unspecified atom stereocenters. The average molecular weight is 256 g/mol. The van der Waals surface area contributed by atoms with Gasteiger partial charge in [-0.05, 0) is 6.42 Å². The molecule has 0 spiro atoms. The van der Waals surface area contributed by atoms with E-state index in [4.69, 9.17) is 16.3 Å². The molecule has 1 aliphatic heterocycles. The number of nitrogens with zero attached hydrogens (tertiary/aromatic N) is 3. The first-order chi connectivity index (χ1) is 8.27. The van der Waals surface area contributed by atoms with Crippen LogP contribution in [0.5, 0.6) is 0 Å². The van der Waals surface area contributed by atoms with E-state index < -0.39 is 0 Å². The van der Waals surface area contributed by atoms with Gasteiger partial charge in [-0.3, -0.25) is 4.79 Å². The summed E-state index contributed by atoms with van der Waals surface area (Å²) in [6.07, 6.45) is 3.02. The van der Waals surface area contributed by atoms with Crippen LogP contribution in [0.15, 0.2) is 6.33 Å². The number of hydrogen-bond donors (Lipinski definition) is 0. The van der Waals surface area contributed by atoms with E-state index in [1.54, 1.807) is 0 Å². The third-order valence-electron chi connectivity index (χ3n) is 2.90. The Balaban J connectivity index is 2.37. The van der Waals surface area contributed by atoms with Gasteiger partial charge in [0.15, 0.2) is 6.29 Å². The highest BCUT2D eigenvalue weighted by atomic mass is 35.5. The Labute approximate surface area is 105 Å². The molecule has 2 rings (SSSR count). The van der Waals surface area contributed by atoms with Gasteiger partial charge < -0.3 is 9.64 Å². The van der Waals surface area contributed by atoms with Crippen LogP contribution in [-0.4, -0.2) is 42.1 Å². The predicted octanol–water partition coefficient (Wildman–Crippen LogP) is 1.56. The molecule has 1 saturated heterocycles. The van der Waals surface area contributed by atoms with Gasteiger partial charge in [0, 0.05) is 6.54 Å². The van der Waals surface area contributed by atoms with Crippen molar-refractivity contribution in [2.75, 3.05) is 24.7 Å². The molecule has 1 aromatic heterocycles. The molecule has 1 aromatic rings. The molecule has 0 aromatic carbocycles. The van der Waals surface area contributed by atoms with Crippen molar-refractivity contribution in [2.45, 2.75) is 19.4 Å². The maximum absolute atomic E-state index is 11.1. The number of ether oxygens (including phenoxy) is 1. The Morgan fingerprint density at radius 3 is 3.18 bits per heavy atom. The standard InChI is InChI=1S/C11H14ClN3O2/c1-2-8-6-17-4-3-15(8)11-9(5-16)10(12)13-7-14-11/h5,7-8H,2-4,6H2,1H3. The fraction of sp³-hybridized carbons (Fsp3) is 0.545. The summed E-state index contributed by atoms with van der Waals surface area (Å²) < 4.78 is 5.42. The molecular formula is C11H14ClN3O2. The van der Waals surface area contributed by atoms with Crippen LogP contribution in [0.4, 0.5) is 5.82 Å². The fourth-order valence-electron chi connectivity index (χ4n) is 1.97. The molecule has 1 fully saturated rings. The molecule has 1 aliphatic rings. The summed E-state index contributed by atoms with van der Waals surface area (Å²) in [4.78, 5) is 21.1. The third kappa shape index (κ3) is 2.40. The molecule has 0 radical (unpaired) electrons. The number of carbonyl (C=O) groups is 1. The normalized spacial score (nSPS) is 20.4. The van der Waals surface area contributed by atoms with E-state index >= 15 is 0 Å². The van der Waals surface area contributed by atoms with E-state index in [1.165, 1.54) is 6.33 Å². The number of morpholine rings is 1. The summed E-state index contributed by atoms with van der Waals surface area (Å²) in [5.41, 5.74) is 0.356. The maximum atomic E-state index is 11.1. The van der Waals surface area contributed by atoms with Crippen molar-refractivity contribution in [3.8, 4) is 0 Å². The topological polar surface area (TPSA) is 55.3 Å². The fourth-order valence-corrected chi connectivity index (χ4v) is 2.14. The molecule has 0 saturated carbocycles. The van der Waals surface area contributed by atoms with E-state index in [0.717, 1.165) is 6.42 Å². The molecular weight excluding hydrogens is 242 g/mol. The zero-order valence-corrected chi connectivity index (χ0v) is 10.4. The van der Waals surface area contributed by atoms with Crippen LogP contribution in [0.3, 0.4) is 0 Å². The van der Waals surface area contributed by atoms with Gasteiger partial charge in [0.05, 0.1) is 24.8 Å². The molecule has 6 heteroatoms. The Hall–Kier alpha value is -1.20. The summed E-state index contributed by atoms with van der Waals surface area (Å²) in [5.74, 6) is 0.607. The SMILES string of the molecule is CCC1COCCN1c1ncnc(Cl)c1C=O. The number of carbonyl (C=O) groups excluding carboxylic acids is 1. The lowest BCUT2D eigenvalue weighted by Crippen LogP contribution is -2.46. The van der Waals surface area contributed by atoms with E-state index in [2.05, 4.69) is 21.8 Å². The molecule has 17 heavy (non-hydrogen) atoms. The number of anilines is 1. The van der Waals surface area contributed by atoms with Crippen molar-refractivity contribution < 1.29 is 9.53 Å². The predicted molar refractivity (Wildman–Crippen MR) is 64.7 cm³/mol. The van der Waals surface area contributed by atoms with E-state index in [9.17, 15) is 4.79 Å². The molecule has 0 aliphatic carbocycles. The van der Waals surface area contributed by atoms with Crippen molar-refractivity contribution in [2.24, 2.45) is 0 Å². The molecule has 0 amide bonds. The minimum absolute atomic E-state index is 0.200. The van der Waals surface area contributed by atoms with Crippen LogP contribution >= 0.6 is 11.6 Å².